The van der Waals surface area contributed by atoms with Crippen LogP contribution in [0.1, 0.15) is 0 Å². The first kappa shape index (κ1) is 32.5. The average molecular weight is 752 g/mol. The van der Waals surface area contributed by atoms with E-state index in [1.807, 2.05) is 42.5 Å². The van der Waals surface area contributed by atoms with E-state index < -0.39 is 0 Å². The summed E-state index contributed by atoms with van der Waals surface area (Å²) in [6, 6.07) is 60.9. The van der Waals surface area contributed by atoms with Gasteiger partial charge in [-0.3, -0.25) is 0 Å². The lowest BCUT2D eigenvalue weighted by molar-refractivity contribution is 1.07. The van der Waals surface area contributed by atoms with E-state index in [0.29, 0.717) is 23.3 Å². The number of benzene rings is 7. The minimum Gasteiger partial charge on any atom is -0.226 e. The van der Waals surface area contributed by atoms with E-state index in [2.05, 4.69) is 133 Å². The van der Waals surface area contributed by atoms with E-state index in [4.69, 9.17) is 24.9 Å². The molecule has 0 aliphatic rings. The number of hydrogen-bond donors (Lipinski definition) is 0. The Labute approximate surface area is 330 Å². The normalized spacial score (nSPS) is 11.6. The number of nitrogens with zero attached hydrogens (tertiary/aromatic N) is 5. The van der Waals surface area contributed by atoms with Crippen molar-refractivity contribution in [2.24, 2.45) is 0 Å². The maximum Gasteiger partial charge on any atom is 0.164 e. The summed E-state index contributed by atoms with van der Waals surface area (Å²) >= 11 is 3.53. The summed E-state index contributed by atoms with van der Waals surface area (Å²) in [6.07, 6.45) is 0. The second kappa shape index (κ2) is 13.4. The van der Waals surface area contributed by atoms with Gasteiger partial charge in [0, 0.05) is 58.1 Å². The van der Waals surface area contributed by atoms with Crippen molar-refractivity contribution in [2.75, 3.05) is 0 Å². The zero-order valence-electron chi connectivity index (χ0n) is 29.8. The first-order valence-electron chi connectivity index (χ1n) is 18.4. The molecule has 4 aromatic heterocycles. The molecule has 0 amide bonds. The van der Waals surface area contributed by atoms with Crippen LogP contribution in [-0.2, 0) is 0 Å². The molecule has 0 spiro atoms. The number of fused-ring (bicyclic) bond motifs is 6. The highest BCUT2D eigenvalue weighted by Crippen LogP contribution is 2.44. The van der Waals surface area contributed by atoms with E-state index in [0.717, 1.165) is 71.0 Å². The van der Waals surface area contributed by atoms with Crippen molar-refractivity contribution in [3.8, 4) is 67.9 Å². The van der Waals surface area contributed by atoms with Crippen LogP contribution in [0.15, 0.2) is 176 Å². The second-order valence-electron chi connectivity index (χ2n) is 13.6. The summed E-state index contributed by atoms with van der Waals surface area (Å²) in [4.78, 5) is 25.9. The number of hydrogen-bond acceptors (Lipinski definition) is 7. The Morgan fingerprint density at radius 2 is 0.893 bits per heavy atom. The van der Waals surface area contributed by atoms with Crippen molar-refractivity contribution >= 4 is 63.1 Å². The van der Waals surface area contributed by atoms with Crippen LogP contribution in [0.3, 0.4) is 0 Å². The summed E-state index contributed by atoms with van der Waals surface area (Å²) in [5, 5.41) is 3.39. The van der Waals surface area contributed by atoms with Crippen molar-refractivity contribution in [1.29, 1.82) is 0 Å². The first-order chi connectivity index (χ1) is 27.7. The summed E-state index contributed by atoms with van der Waals surface area (Å²) in [6.45, 7) is 0. The van der Waals surface area contributed by atoms with Crippen LogP contribution >= 0.6 is 22.7 Å². The lowest BCUT2D eigenvalue weighted by Crippen LogP contribution is -2.00. The summed E-state index contributed by atoms with van der Waals surface area (Å²) in [7, 11) is 0. The minimum atomic E-state index is 0.617. The summed E-state index contributed by atoms with van der Waals surface area (Å²) in [5.41, 5.74) is 9.03. The smallest absolute Gasteiger partial charge is 0.164 e. The molecule has 0 unspecified atom stereocenters. The third-order valence-electron chi connectivity index (χ3n) is 10.2. The van der Waals surface area contributed by atoms with Gasteiger partial charge in [-0.25, -0.2) is 24.9 Å². The van der Waals surface area contributed by atoms with Crippen LogP contribution in [0.5, 0.6) is 0 Å². The molecule has 0 saturated heterocycles. The van der Waals surface area contributed by atoms with Crippen molar-refractivity contribution in [2.45, 2.75) is 0 Å². The van der Waals surface area contributed by atoms with E-state index in [1.54, 1.807) is 22.7 Å². The third-order valence-corrected chi connectivity index (χ3v) is 12.5. The molecule has 56 heavy (non-hydrogen) atoms. The number of aromatic nitrogens is 5. The average Bonchev–Trinajstić information content (AvgIpc) is 3.85. The van der Waals surface area contributed by atoms with Crippen LogP contribution in [0.2, 0.25) is 0 Å². The molecule has 5 nitrogen and oxygen atoms in total. The second-order valence-corrected chi connectivity index (χ2v) is 15.8. The van der Waals surface area contributed by atoms with E-state index >= 15 is 0 Å². The van der Waals surface area contributed by atoms with E-state index in [1.165, 1.54) is 14.1 Å². The van der Waals surface area contributed by atoms with Gasteiger partial charge in [0.2, 0.25) is 0 Å². The fourth-order valence-electron chi connectivity index (χ4n) is 7.47. The molecule has 7 heteroatoms. The molecule has 0 N–H and O–H groups in total. The Kier molecular flexibility index (Phi) is 7.79. The Hall–Kier alpha value is -6.93. The van der Waals surface area contributed by atoms with Crippen LogP contribution < -0.4 is 0 Å². The SMILES string of the molecule is c1ccc(-c2cccc(-c3nc(-c4ccccc4)nc(-c4ccc5sc6cccc(-c7nc(-c8ccccc8)c8sc9ccccc9c8n7)c6c5c4)n3)c2)cc1. The Bertz CT molecular complexity index is 3250. The van der Waals surface area contributed by atoms with Gasteiger partial charge in [0.15, 0.2) is 23.3 Å². The molecule has 0 aliphatic carbocycles. The maximum atomic E-state index is 5.34. The molecule has 0 aliphatic heterocycles. The highest BCUT2D eigenvalue weighted by atomic mass is 32.1. The van der Waals surface area contributed by atoms with Crippen LogP contribution in [0.4, 0.5) is 0 Å². The lowest BCUT2D eigenvalue weighted by Gasteiger charge is -2.10. The van der Waals surface area contributed by atoms with Gasteiger partial charge in [0.25, 0.3) is 0 Å². The quantitative estimate of drug-likeness (QED) is 0.169. The van der Waals surface area contributed by atoms with Gasteiger partial charge < -0.3 is 0 Å². The molecule has 0 saturated carbocycles. The van der Waals surface area contributed by atoms with Crippen LogP contribution in [0.25, 0.3) is 108 Å². The Balaban J connectivity index is 1.11. The minimum absolute atomic E-state index is 0.617. The molecule has 11 rings (SSSR count). The van der Waals surface area contributed by atoms with Gasteiger partial charge in [-0.15, -0.1) is 22.7 Å². The molecule has 0 radical (unpaired) electrons. The van der Waals surface area contributed by atoms with Crippen molar-refractivity contribution < 1.29 is 0 Å². The first-order valence-corrected chi connectivity index (χ1v) is 20.0. The summed E-state index contributed by atoms with van der Waals surface area (Å²) in [5.74, 6) is 2.58. The number of rotatable bonds is 6. The van der Waals surface area contributed by atoms with Gasteiger partial charge in [-0.2, -0.15) is 0 Å². The Morgan fingerprint density at radius 3 is 1.66 bits per heavy atom. The van der Waals surface area contributed by atoms with Crippen molar-refractivity contribution in [1.82, 2.24) is 24.9 Å². The molecule has 262 valence electrons. The van der Waals surface area contributed by atoms with Gasteiger partial charge in [0.1, 0.15) is 0 Å². The van der Waals surface area contributed by atoms with Gasteiger partial charge in [0.05, 0.1) is 15.9 Å². The summed E-state index contributed by atoms with van der Waals surface area (Å²) < 4.78 is 4.65. The zero-order chi connectivity index (χ0) is 37.0. The standard InChI is InChI=1S/C49H29N5S2/c1-4-14-30(15-5-1)33-20-12-21-34(28-33)47-52-46(32-18-8-3-9-19-32)53-48(54-47)35-26-27-40-38(29-35)42-37(23-13-25-41(42)55-40)49-50-43(31-16-6-2-7-17-31)45-44(51-49)36-22-10-11-24-39(36)56-45/h1-29H. The molecule has 0 atom stereocenters. The lowest BCUT2D eigenvalue weighted by atomic mass is 10.0. The fourth-order valence-corrected chi connectivity index (χ4v) is 9.74. The van der Waals surface area contributed by atoms with Gasteiger partial charge in [-0.1, -0.05) is 140 Å². The molecule has 4 heterocycles. The predicted molar refractivity (Wildman–Crippen MR) is 234 cm³/mol. The molecule has 0 fully saturated rings. The Morgan fingerprint density at radius 1 is 0.321 bits per heavy atom. The van der Waals surface area contributed by atoms with Gasteiger partial charge in [-0.05, 0) is 47.5 Å². The molecule has 0 bridgehead atoms. The zero-order valence-corrected chi connectivity index (χ0v) is 31.4. The predicted octanol–water partition coefficient (Wildman–Crippen LogP) is 13.4. The van der Waals surface area contributed by atoms with Crippen molar-refractivity contribution in [3.05, 3.63) is 176 Å². The number of thiophene rings is 2. The highest BCUT2D eigenvalue weighted by Gasteiger charge is 2.20. The fraction of sp³-hybridized carbons (Fsp3) is 0. The van der Waals surface area contributed by atoms with Crippen LogP contribution in [-0.4, -0.2) is 24.9 Å². The van der Waals surface area contributed by atoms with Crippen LogP contribution in [0, 0.1) is 0 Å². The molecule has 7 aromatic carbocycles. The van der Waals surface area contributed by atoms with Crippen molar-refractivity contribution in [3.63, 3.8) is 0 Å². The van der Waals surface area contributed by atoms with E-state index in [-0.39, 0.29) is 0 Å². The molecular weight excluding hydrogens is 723 g/mol. The molecule has 11 aromatic rings. The largest absolute Gasteiger partial charge is 0.226 e. The van der Waals surface area contributed by atoms with Gasteiger partial charge >= 0.3 is 0 Å². The highest BCUT2D eigenvalue weighted by molar-refractivity contribution is 7.26. The monoisotopic (exact) mass is 751 g/mol. The topological polar surface area (TPSA) is 64.5 Å². The molecular formula is C49H29N5S2. The maximum absolute atomic E-state index is 5.34. The third kappa shape index (κ3) is 5.64. The van der Waals surface area contributed by atoms with E-state index in [9.17, 15) is 0 Å².